The lowest BCUT2D eigenvalue weighted by molar-refractivity contribution is -0.0598. The van der Waals surface area contributed by atoms with Crippen molar-refractivity contribution in [2.24, 2.45) is 5.92 Å². The second-order valence-corrected chi connectivity index (χ2v) is 6.41. The topological polar surface area (TPSA) is 56.3 Å². The minimum absolute atomic E-state index is 0.120. The zero-order chi connectivity index (χ0) is 14.7. The Morgan fingerprint density at radius 1 is 1.38 bits per heavy atom. The van der Waals surface area contributed by atoms with Gasteiger partial charge in [-0.2, -0.15) is 0 Å². The van der Waals surface area contributed by atoms with E-state index in [4.69, 9.17) is 9.47 Å². The molecule has 1 N–H and O–H groups in total. The van der Waals surface area contributed by atoms with Gasteiger partial charge in [-0.15, -0.1) is 0 Å². The van der Waals surface area contributed by atoms with Crippen LogP contribution in [-0.4, -0.2) is 41.9 Å². The van der Waals surface area contributed by atoms with Crippen molar-refractivity contribution in [1.82, 2.24) is 9.97 Å². The number of hydrogen-bond acceptors (Lipinski definition) is 5. The summed E-state index contributed by atoms with van der Waals surface area (Å²) in [7, 11) is 0. The predicted molar refractivity (Wildman–Crippen MR) is 81.4 cm³/mol. The highest BCUT2D eigenvalue weighted by Gasteiger charge is 2.30. The summed E-state index contributed by atoms with van der Waals surface area (Å²) in [6.45, 7) is 6.65. The Kier molecular flexibility index (Phi) is 4.70. The molecule has 1 aromatic rings. The van der Waals surface area contributed by atoms with Gasteiger partial charge in [0.05, 0.1) is 12.6 Å². The van der Waals surface area contributed by atoms with E-state index in [1.54, 1.807) is 6.33 Å². The van der Waals surface area contributed by atoms with Crippen molar-refractivity contribution >= 4 is 5.82 Å². The molecular weight excluding hydrogens is 266 g/mol. The summed E-state index contributed by atoms with van der Waals surface area (Å²) in [5, 5.41) is 3.57. The number of anilines is 1. The Morgan fingerprint density at radius 3 is 3.00 bits per heavy atom. The molecule has 0 radical (unpaired) electrons. The summed E-state index contributed by atoms with van der Waals surface area (Å²) < 4.78 is 11.6. The van der Waals surface area contributed by atoms with Crippen LogP contribution < -0.4 is 5.32 Å². The maximum atomic E-state index is 6.06. The summed E-state index contributed by atoms with van der Waals surface area (Å²) in [6.07, 6.45) is 7.21. The smallest absolute Gasteiger partial charge is 0.133 e. The molecule has 0 spiro atoms. The highest BCUT2D eigenvalue weighted by atomic mass is 16.5. The third-order valence-electron chi connectivity index (χ3n) is 4.23. The second-order valence-electron chi connectivity index (χ2n) is 6.41. The molecule has 0 aromatic carbocycles. The standard InChI is InChI=1S/C16H25N3O2/c1-11(2)13-7-17-10-18-16(13)19-14-5-6-20-9-15(14)21-8-12-3-4-12/h7,10-12,14-15H,3-6,8-9H2,1-2H3,(H,17,18,19)/t14-,15-/m1/s1. The van der Waals surface area contributed by atoms with E-state index >= 15 is 0 Å². The largest absolute Gasteiger partial charge is 0.379 e. The van der Waals surface area contributed by atoms with Gasteiger partial charge in [0, 0.05) is 25.0 Å². The van der Waals surface area contributed by atoms with Crippen LogP contribution in [0.3, 0.4) is 0 Å². The number of hydrogen-bond donors (Lipinski definition) is 1. The summed E-state index contributed by atoms with van der Waals surface area (Å²) in [6, 6.07) is 0.268. The van der Waals surface area contributed by atoms with E-state index in [9.17, 15) is 0 Å². The summed E-state index contributed by atoms with van der Waals surface area (Å²) in [4.78, 5) is 8.56. The van der Waals surface area contributed by atoms with Crippen LogP contribution in [0.4, 0.5) is 5.82 Å². The van der Waals surface area contributed by atoms with Crippen molar-refractivity contribution in [2.75, 3.05) is 25.1 Å². The van der Waals surface area contributed by atoms with E-state index in [1.807, 2.05) is 6.20 Å². The molecule has 2 heterocycles. The van der Waals surface area contributed by atoms with Gasteiger partial charge in [0.1, 0.15) is 18.2 Å². The van der Waals surface area contributed by atoms with Crippen molar-refractivity contribution in [3.63, 3.8) is 0 Å². The lowest BCUT2D eigenvalue weighted by atomic mass is 10.0. The highest BCUT2D eigenvalue weighted by molar-refractivity contribution is 5.45. The monoisotopic (exact) mass is 291 g/mol. The van der Waals surface area contributed by atoms with Crippen molar-refractivity contribution in [3.8, 4) is 0 Å². The third-order valence-corrected chi connectivity index (χ3v) is 4.23. The maximum Gasteiger partial charge on any atom is 0.133 e. The number of ether oxygens (including phenoxy) is 2. The minimum atomic E-state index is 0.120. The molecule has 1 saturated heterocycles. The number of nitrogens with one attached hydrogen (secondary N) is 1. The summed E-state index contributed by atoms with van der Waals surface area (Å²) in [5.74, 6) is 2.11. The normalized spacial score (nSPS) is 26.0. The van der Waals surface area contributed by atoms with Crippen molar-refractivity contribution in [1.29, 1.82) is 0 Å². The first-order valence-electron chi connectivity index (χ1n) is 8.00. The van der Waals surface area contributed by atoms with Gasteiger partial charge in [0.25, 0.3) is 0 Å². The molecule has 1 saturated carbocycles. The second kappa shape index (κ2) is 6.71. The van der Waals surface area contributed by atoms with Gasteiger partial charge in [-0.05, 0) is 31.1 Å². The predicted octanol–water partition coefficient (Wildman–Crippen LogP) is 2.60. The molecular formula is C16H25N3O2. The number of rotatable bonds is 6. The fraction of sp³-hybridized carbons (Fsp3) is 0.750. The first-order valence-corrected chi connectivity index (χ1v) is 8.00. The Hall–Kier alpha value is -1.20. The zero-order valence-corrected chi connectivity index (χ0v) is 12.9. The molecule has 5 nitrogen and oxygen atoms in total. The highest BCUT2D eigenvalue weighted by Crippen LogP contribution is 2.30. The third kappa shape index (κ3) is 3.92. The van der Waals surface area contributed by atoms with Crippen LogP contribution >= 0.6 is 0 Å². The average Bonchev–Trinajstić information content (AvgIpc) is 3.31. The lowest BCUT2D eigenvalue weighted by Crippen LogP contribution is -2.44. The lowest BCUT2D eigenvalue weighted by Gasteiger charge is -2.33. The van der Waals surface area contributed by atoms with Crippen LogP contribution in [0.1, 0.15) is 44.6 Å². The number of nitrogens with zero attached hydrogens (tertiary/aromatic N) is 2. The van der Waals surface area contributed by atoms with Crippen LogP contribution in [0, 0.1) is 5.92 Å². The summed E-state index contributed by atoms with van der Waals surface area (Å²) in [5.41, 5.74) is 1.16. The molecule has 2 aliphatic rings. The molecule has 1 aliphatic heterocycles. The Morgan fingerprint density at radius 2 is 2.24 bits per heavy atom. The first-order chi connectivity index (χ1) is 10.2. The molecule has 3 rings (SSSR count). The van der Waals surface area contributed by atoms with E-state index in [1.165, 1.54) is 12.8 Å². The molecule has 21 heavy (non-hydrogen) atoms. The van der Waals surface area contributed by atoms with Crippen LogP contribution in [0.2, 0.25) is 0 Å². The van der Waals surface area contributed by atoms with E-state index < -0.39 is 0 Å². The Labute approximate surface area is 126 Å². The van der Waals surface area contributed by atoms with Gasteiger partial charge in [-0.25, -0.2) is 9.97 Å². The average molecular weight is 291 g/mol. The minimum Gasteiger partial charge on any atom is -0.379 e. The molecule has 1 aromatic heterocycles. The molecule has 0 bridgehead atoms. The molecule has 2 fully saturated rings. The molecule has 2 atom stereocenters. The van der Waals surface area contributed by atoms with Gasteiger partial charge in [-0.1, -0.05) is 13.8 Å². The molecule has 116 valence electrons. The van der Waals surface area contributed by atoms with Gasteiger partial charge in [0.2, 0.25) is 0 Å². The van der Waals surface area contributed by atoms with Gasteiger partial charge in [0.15, 0.2) is 0 Å². The van der Waals surface area contributed by atoms with Crippen molar-refractivity contribution < 1.29 is 9.47 Å². The summed E-state index contributed by atoms with van der Waals surface area (Å²) >= 11 is 0. The fourth-order valence-electron chi connectivity index (χ4n) is 2.64. The van der Waals surface area contributed by atoms with Crippen molar-refractivity contribution in [3.05, 3.63) is 18.1 Å². The van der Waals surface area contributed by atoms with E-state index in [0.717, 1.165) is 36.9 Å². The van der Waals surface area contributed by atoms with E-state index in [0.29, 0.717) is 12.5 Å². The van der Waals surface area contributed by atoms with Crippen LogP contribution in [-0.2, 0) is 9.47 Å². The quantitative estimate of drug-likeness (QED) is 0.873. The molecule has 5 heteroatoms. The number of aromatic nitrogens is 2. The first kappa shape index (κ1) is 14.7. The van der Waals surface area contributed by atoms with Crippen LogP contribution in [0.15, 0.2) is 12.5 Å². The SMILES string of the molecule is CC(C)c1cncnc1N[C@@H]1CCOC[C@H]1OCC1CC1. The van der Waals surface area contributed by atoms with Crippen LogP contribution in [0.25, 0.3) is 0 Å². The van der Waals surface area contributed by atoms with Gasteiger partial charge in [-0.3, -0.25) is 0 Å². The fourth-order valence-corrected chi connectivity index (χ4v) is 2.64. The van der Waals surface area contributed by atoms with E-state index in [2.05, 4.69) is 29.1 Å². The van der Waals surface area contributed by atoms with Crippen molar-refractivity contribution in [2.45, 2.75) is 51.2 Å². The molecule has 0 amide bonds. The Balaban J connectivity index is 1.65. The molecule has 1 aliphatic carbocycles. The Bertz CT molecular complexity index is 463. The van der Waals surface area contributed by atoms with Crippen LogP contribution in [0.5, 0.6) is 0 Å². The van der Waals surface area contributed by atoms with Gasteiger partial charge >= 0.3 is 0 Å². The maximum absolute atomic E-state index is 6.06. The van der Waals surface area contributed by atoms with E-state index in [-0.39, 0.29) is 12.1 Å². The van der Waals surface area contributed by atoms with Gasteiger partial charge < -0.3 is 14.8 Å². The zero-order valence-electron chi connectivity index (χ0n) is 12.9. The molecule has 0 unspecified atom stereocenters.